The Kier molecular flexibility index (Phi) is 6.66. The molecule has 1 aromatic rings. The van der Waals surface area contributed by atoms with Crippen LogP contribution in [-0.4, -0.2) is 37.2 Å². The zero-order valence-electron chi connectivity index (χ0n) is 15.2. The molecule has 1 aliphatic heterocycles. The second-order valence-electron chi connectivity index (χ2n) is 5.97. The largest absolute Gasteiger partial charge is 0.463 e. The van der Waals surface area contributed by atoms with Crippen LogP contribution in [0.5, 0.6) is 0 Å². The number of hydrogen-bond acceptors (Lipinski definition) is 5. The third-order valence-corrected chi connectivity index (χ3v) is 3.85. The minimum Gasteiger partial charge on any atom is -0.463 e. The quantitative estimate of drug-likeness (QED) is 0.715. The van der Waals surface area contributed by atoms with Crippen LogP contribution in [0.2, 0.25) is 0 Å². The van der Waals surface area contributed by atoms with Crippen LogP contribution >= 0.6 is 0 Å². The maximum Gasteiger partial charge on any atom is 0.416 e. The number of urea groups is 1. The van der Waals surface area contributed by atoms with Gasteiger partial charge < -0.3 is 20.1 Å². The molecular formula is C18H19F3N2O5. The summed E-state index contributed by atoms with van der Waals surface area (Å²) in [5.41, 5.74) is -0.577. The molecule has 2 amide bonds. The van der Waals surface area contributed by atoms with Crippen molar-refractivity contribution in [2.24, 2.45) is 0 Å². The van der Waals surface area contributed by atoms with Gasteiger partial charge in [0.2, 0.25) is 0 Å². The van der Waals surface area contributed by atoms with Crippen LogP contribution in [0.15, 0.2) is 35.5 Å². The van der Waals surface area contributed by atoms with Gasteiger partial charge in [-0.3, -0.25) is 4.79 Å². The molecule has 1 atom stereocenters. The first-order valence-corrected chi connectivity index (χ1v) is 8.41. The van der Waals surface area contributed by atoms with Crippen molar-refractivity contribution in [3.8, 4) is 0 Å². The summed E-state index contributed by atoms with van der Waals surface area (Å²) in [6, 6.07) is 3.08. The highest BCUT2D eigenvalue weighted by Gasteiger charge is 2.31. The number of hydrogen-bond donors (Lipinski definition) is 2. The Labute approximate surface area is 158 Å². The van der Waals surface area contributed by atoms with E-state index in [2.05, 4.69) is 10.6 Å². The molecule has 1 aliphatic rings. The van der Waals surface area contributed by atoms with Gasteiger partial charge in [-0.05, 0) is 25.5 Å². The summed E-state index contributed by atoms with van der Waals surface area (Å²) in [5, 5.41) is 4.88. The summed E-state index contributed by atoms with van der Waals surface area (Å²) in [4.78, 5) is 35.7. The Morgan fingerprint density at radius 1 is 1.21 bits per heavy atom. The second-order valence-corrected chi connectivity index (χ2v) is 5.97. The van der Waals surface area contributed by atoms with E-state index in [1.54, 1.807) is 13.8 Å². The van der Waals surface area contributed by atoms with E-state index in [1.165, 1.54) is 12.1 Å². The van der Waals surface area contributed by atoms with Crippen molar-refractivity contribution in [1.29, 1.82) is 0 Å². The summed E-state index contributed by atoms with van der Waals surface area (Å²) in [7, 11) is 0. The Bertz CT molecular complexity index is 805. The highest BCUT2D eigenvalue weighted by atomic mass is 19.4. The third-order valence-electron chi connectivity index (χ3n) is 3.85. The van der Waals surface area contributed by atoms with Gasteiger partial charge >= 0.3 is 24.1 Å². The minimum atomic E-state index is -4.52. The molecule has 2 rings (SSSR count). The van der Waals surface area contributed by atoms with E-state index in [0.717, 1.165) is 12.1 Å². The standard InChI is InChI=1S/C18H19F3N2O5/c1-3-27-16(25)15-10(2)22-17(26)23-13(15)9-28-14(24)8-11-5-4-6-12(7-11)18(19,20)21/h4-7,10H,3,8-9H2,1-2H3,(H2,22,23,26). The summed E-state index contributed by atoms with van der Waals surface area (Å²) >= 11 is 0. The lowest BCUT2D eigenvalue weighted by molar-refractivity contribution is -0.143. The van der Waals surface area contributed by atoms with Gasteiger partial charge in [-0.2, -0.15) is 13.2 Å². The Morgan fingerprint density at radius 2 is 1.93 bits per heavy atom. The van der Waals surface area contributed by atoms with Gasteiger partial charge in [0.1, 0.15) is 6.61 Å². The first-order valence-electron chi connectivity index (χ1n) is 8.41. The van der Waals surface area contributed by atoms with Crippen molar-refractivity contribution in [2.45, 2.75) is 32.5 Å². The molecule has 0 saturated heterocycles. The van der Waals surface area contributed by atoms with E-state index in [9.17, 15) is 27.6 Å². The van der Waals surface area contributed by atoms with Crippen molar-refractivity contribution in [3.63, 3.8) is 0 Å². The van der Waals surface area contributed by atoms with Crippen LogP contribution < -0.4 is 10.6 Å². The number of benzene rings is 1. The fourth-order valence-corrected chi connectivity index (χ4v) is 2.62. The molecule has 152 valence electrons. The molecule has 7 nitrogen and oxygen atoms in total. The summed E-state index contributed by atoms with van der Waals surface area (Å²) in [6.45, 7) is 2.87. The zero-order valence-corrected chi connectivity index (χ0v) is 15.2. The fraction of sp³-hybridized carbons (Fsp3) is 0.389. The molecule has 1 unspecified atom stereocenters. The van der Waals surface area contributed by atoms with Crippen LogP contribution in [0.3, 0.4) is 0 Å². The maximum absolute atomic E-state index is 12.7. The lowest BCUT2D eigenvalue weighted by atomic mass is 10.0. The molecule has 0 aliphatic carbocycles. The first kappa shape index (κ1) is 21.3. The third kappa shape index (κ3) is 5.48. The average molecular weight is 400 g/mol. The number of alkyl halides is 3. The topological polar surface area (TPSA) is 93.7 Å². The highest BCUT2D eigenvalue weighted by molar-refractivity contribution is 5.94. The number of esters is 2. The zero-order chi connectivity index (χ0) is 20.9. The summed E-state index contributed by atoms with van der Waals surface area (Å²) in [6.07, 6.45) is -4.91. The number of amides is 2. The van der Waals surface area contributed by atoms with Crippen molar-refractivity contribution in [1.82, 2.24) is 10.6 Å². The van der Waals surface area contributed by atoms with Gasteiger partial charge in [0.25, 0.3) is 0 Å². The number of rotatable bonds is 6. The normalized spacial score (nSPS) is 16.9. The van der Waals surface area contributed by atoms with Crippen molar-refractivity contribution >= 4 is 18.0 Å². The van der Waals surface area contributed by atoms with E-state index in [-0.39, 0.29) is 23.4 Å². The molecule has 0 aromatic heterocycles. The monoisotopic (exact) mass is 400 g/mol. The highest BCUT2D eigenvalue weighted by Crippen LogP contribution is 2.29. The smallest absolute Gasteiger partial charge is 0.416 e. The molecule has 0 saturated carbocycles. The van der Waals surface area contributed by atoms with Crippen LogP contribution in [0, 0.1) is 0 Å². The molecule has 28 heavy (non-hydrogen) atoms. The number of halogens is 3. The molecule has 0 spiro atoms. The molecule has 0 radical (unpaired) electrons. The summed E-state index contributed by atoms with van der Waals surface area (Å²) < 4.78 is 48.2. The molecule has 0 fully saturated rings. The van der Waals surface area contributed by atoms with E-state index >= 15 is 0 Å². The molecule has 1 heterocycles. The number of carbonyl (C=O) groups excluding carboxylic acids is 3. The van der Waals surface area contributed by atoms with Crippen LogP contribution in [-0.2, 0) is 31.7 Å². The lowest BCUT2D eigenvalue weighted by Crippen LogP contribution is -2.50. The minimum absolute atomic E-state index is 0.0621. The SMILES string of the molecule is CCOC(=O)C1=C(COC(=O)Cc2cccc(C(F)(F)F)c2)NC(=O)NC1C. The predicted molar refractivity (Wildman–Crippen MR) is 90.9 cm³/mol. The van der Waals surface area contributed by atoms with Gasteiger partial charge in [0.15, 0.2) is 0 Å². The molecule has 0 bridgehead atoms. The van der Waals surface area contributed by atoms with Crippen molar-refractivity contribution < 1.29 is 37.0 Å². The van der Waals surface area contributed by atoms with E-state index in [1.807, 2.05) is 0 Å². The van der Waals surface area contributed by atoms with Gasteiger partial charge in [-0.25, -0.2) is 9.59 Å². The fourth-order valence-electron chi connectivity index (χ4n) is 2.62. The Morgan fingerprint density at radius 3 is 2.57 bits per heavy atom. The van der Waals surface area contributed by atoms with Gasteiger partial charge in [-0.1, -0.05) is 18.2 Å². The Balaban J connectivity index is 2.08. The number of nitrogens with one attached hydrogen (secondary N) is 2. The van der Waals surface area contributed by atoms with E-state index in [0.29, 0.717) is 0 Å². The molecule has 10 heteroatoms. The molecule has 1 aromatic carbocycles. The molecular weight excluding hydrogens is 381 g/mol. The van der Waals surface area contributed by atoms with E-state index < -0.39 is 48.8 Å². The maximum atomic E-state index is 12.7. The van der Waals surface area contributed by atoms with Crippen LogP contribution in [0.1, 0.15) is 25.0 Å². The number of ether oxygens (including phenoxy) is 2. The van der Waals surface area contributed by atoms with Gasteiger partial charge in [0.05, 0.1) is 35.9 Å². The predicted octanol–water partition coefficient (Wildman–Crippen LogP) is 2.31. The number of carbonyl (C=O) groups is 3. The Hall–Kier alpha value is -3.04. The van der Waals surface area contributed by atoms with E-state index in [4.69, 9.17) is 9.47 Å². The average Bonchev–Trinajstić information content (AvgIpc) is 2.59. The van der Waals surface area contributed by atoms with Crippen molar-refractivity contribution in [2.75, 3.05) is 13.2 Å². The second kappa shape index (κ2) is 8.77. The molecule has 2 N–H and O–H groups in total. The van der Waals surface area contributed by atoms with Crippen LogP contribution in [0.4, 0.5) is 18.0 Å². The first-order chi connectivity index (χ1) is 13.1. The van der Waals surface area contributed by atoms with Gasteiger partial charge in [-0.15, -0.1) is 0 Å². The summed E-state index contributed by atoms with van der Waals surface area (Å²) in [5.74, 6) is -1.48. The lowest BCUT2D eigenvalue weighted by Gasteiger charge is -2.26. The van der Waals surface area contributed by atoms with Crippen molar-refractivity contribution in [3.05, 3.63) is 46.7 Å². The van der Waals surface area contributed by atoms with Gasteiger partial charge in [0, 0.05) is 0 Å². The van der Waals surface area contributed by atoms with Crippen LogP contribution in [0.25, 0.3) is 0 Å².